The Kier molecular flexibility index (Phi) is 8.43. The maximum atomic E-state index is 12.0. The Labute approximate surface area is 205 Å². The molecular formula is C22H30O14. The first kappa shape index (κ1) is 27.1. The number of aliphatic hydroxyl groups is 7. The molecule has 0 aromatic carbocycles. The molecule has 0 aliphatic carbocycles. The minimum Gasteiger partial charge on any atom is -0.471 e. The molecular weight excluding hydrogens is 488 g/mol. The molecule has 2 saturated heterocycles. The summed E-state index contributed by atoms with van der Waals surface area (Å²) in [5.74, 6) is -1.22. The lowest BCUT2D eigenvalue weighted by molar-refractivity contribution is -0.349. The molecule has 4 rings (SSSR count). The third-order valence-electron chi connectivity index (χ3n) is 6.48. The second kappa shape index (κ2) is 11.2. The summed E-state index contributed by atoms with van der Waals surface area (Å²) < 4.78 is 32.4. The number of hydrogen-bond donors (Lipinski definition) is 7. The number of carbonyl (C=O) groups is 1. The summed E-state index contributed by atoms with van der Waals surface area (Å²) in [6.45, 7) is 2.61. The molecule has 0 amide bonds. The SMILES string of the molecule is C=C[C@@H]1C2=CCOC(=O)C2=CO[C@H]1OC1O[C@H](CO[C@@H]2O[C@H](CO)[C@@H](O)[C@H](O)[C@H]2O)[C@@H](O)[C@H](O)[C@H]1O. The number of rotatable bonds is 7. The van der Waals surface area contributed by atoms with Gasteiger partial charge in [0.05, 0.1) is 24.7 Å². The molecule has 12 atom stereocenters. The Balaban J connectivity index is 1.43. The van der Waals surface area contributed by atoms with Gasteiger partial charge in [-0.1, -0.05) is 6.08 Å². The van der Waals surface area contributed by atoms with Gasteiger partial charge in [-0.3, -0.25) is 0 Å². The Morgan fingerprint density at radius 1 is 0.917 bits per heavy atom. The summed E-state index contributed by atoms with van der Waals surface area (Å²) in [5.41, 5.74) is 0.739. The maximum Gasteiger partial charge on any atom is 0.341 e. The molecule has 14 nitrogen and oxygen atoms in total. The van der Waals surface area contributed by atoms with Crippen molar-refractivity contribution in [1.29, 1.82) is 0 Å². The standard InChI is InChI=1S/C22H30O14/c1-2-8-9-3-4-31-19(30)10(9)6-32-20(8)36-22-18(29)16(27)14(25)12(35-22)7-33-21-17(28)15(26)13(24)11(5-23)34-21/h2-3,6,8,11-18,20-29H,1,4-5,7H2/t8-,11-,12-,13-,14-,15+,16+,17-,18-,20+,21-,22?/m1/s1. The second-order valence-electron chi connectivity index (χ2n) is 8.74. The molecule has 0 spiro atoms. The number of hydrogen-bond acceptors (Lipinski definition) is 14. The van der Waals surface area contributed by atoms with Crippen molar-refractivity contribution < 1.29 is 69.0 Å². The Hall–Kier alpha value is -1.95. The summed E-state index contributed by atoms with van der Waals surface area (Å²) in [5, 5.41) is 70.4. The highest BCUT2D eigenvalue weighted by molar-refractivity contribution is 5.94. The van der Waals surface area contributed by atoms with Crippen LogP contribution in [0.2, 0.25) is 0 Å². The molecule has 36 heavy (non-hydrogen) atoms. The van der Waals surface area contributed by atoms with Gasteiger partial charge >= 0.3 is 5.97 Å². The predicted octanol–water partition coefficient (Wildman–Crippen LogP) is -3.85. The average Bonchev–Trinajstić information content (AvgIpc) is 2.87. The van der Waals surface area contributed by atoms with Crippen molar-refractivity contribution >= 4 is 5.97 Å². The Morgan fingerprint density at radius 3 is 2.22 bits per heavy atom. The summed E-state index contributed by atoms with van der Waals surface area (Å²) in [6, 6.07) is 0. The normalized spacial score (nSPS) is 45.0. The quantitative estimate of drug-likeness (QED) is 0.127. The topological polar surface area (TPSA) is 214 Å². The van der Waals surface area contributed by atoms with Crippen LogP contribution in [0, 0.1) is 5.92 Å². The highest BCUT2D eigenvalue weighted by Crippen LogP contribution is 2.36. The third kappa shape index (κ3) is 5.07. The second-order valence-corrected chi connectivity index (χ2v) is 8.74. The monoisotopic (exact) mass is 518 g/mol. The van der Waals surface area contributed by atoms with Crippen molar-refractivity contribution in [1.82, 2.24) is 0 Å². The van der Waals surface area contributed by atoms with E-state index in [9.17, 15) is 40.5 Å². The van der Waals surface area contributed by atoms with Crippen LogP contribution in [-0.4, -0.2) is 129 Å². The van der Waals surface area contributed by atoms with Crippen molar-refractivity contribution in [2.75, 3.05) is 19.8 Å². The van der Waals surface area contributed by atoms with Crippen LogP contribution in [0.3, 0.4) is 0 Å². The van der Waals surface area contributed by atoms with Gasteiger partial charge in [0.1, 0.15) is 61.7 Å². The van der Waals surface area contributed by atoms with E-state index in [1.165, 1.54) is 6.08 Å². The van der Waals surface area contributed by atoms with Crippen LogP contribution in [0.4, 0.5) is 0 Å². The van der Waals surface area contributed by atoms with Crippen LogP contribution in [-0.2, 0) is 33.2 Å². The Bertz CT molecular complexity index is 873. The summed E-state index contributed by atoms with van der Waals surface area (Å²) in [7, 11) is 0. The lowest BCUT2D eigenvalue weighted by atomic mass is 9.89. The summed E-state index contributed by atoms with van der Waals surface area (Å²) >= 11 is 0. The van der Waals surface area contributed by atoms with Crippen LogP contribution in [0.1, 0.15) is 0 Å². The molecule has 202 valence electrons. The van der Waals surface area contributed by atoms with E-state index in [0.29, 0.717) is 5.57 Å². The summed E-state index contributed by atoms with van der Waals surface area (Å²) in [6.07, 6.45) is -12.4. The van der Waals surface area contributed by atoms with Crippen LogP contribution >= 0.6 is 0 Å². The number of carbonyl (C=O) groups excluding carboxylic acids is 1. The van der Waals surface area contributed by atoms with E-state index in [4.69, 9.17) is 28.4 Å². The number of cyclic esters (lactones) is 1. The largest absolute Gasteiger partial charge is 0.471 e. The van der Waals surface area contributed by atoms with Gasteiger partial charge in [0.2, 0.25) is 6.29 Å². The molecule has 0 radical (unpaired) electrons. The van der Waals surface area contributed by atoms with Crippen LogP contribution in [0.5, 0.6) is 0 Å². The molecule has 0 bridgehead atoms. The zero-order chi connectivity index (χ0) is 26.1. The molecule has 4 heterocycles. The van der Waals surface area contributed by atoms with Crippen molar-refractivity contribution in [3.05, 3.63) is 36.1 Å². The van der Waals surface area contributed by atoms with E-state index >= 15 is 0 Å². The molecule has 0 aromatic rings. The van der Waals surface area contributed by atoms with Crippen molar-refractivity contribution in [3.63, 3.8) is 0 Å². The van der Waals surface area contributed by atoms with Gasteiger partial charge < -0.3 is 64.2 Å². The van der Waals surface area contributed by atoms with Gasteiger partial charge in [-0.2, -0.15) is 0 Å². The molecule has 4 aliphatic rings. The minimum absolute atomic E-state index is 0.0490. The lowest BCUT2D eigenvalue weighted by Gasteiger charge is -2.44. The summed E-state index contributed by atoms with van der Waals surface area (Å²) in [4.78, 5) is 12.0. The zero-order valence-corrected chi connectivity index (χ0v) is 19.0. The maximum absolute atomic E-state index is 12.0. The van der Waals surface area contributed by atoms with Gasteiger partial charge in [0.25, 0.3) is 0 Å². The first-order chi connectivity index (χ1) is 17.2. The molecule has 0 saturated carbocycles. The molecule has 1 unspecified atom stereocenters. The molecule has 7 N–H and O–H groups in total. The fraction of sp³-hybridized carbons (Fsp3) is 0.682. The van der Waals surface area contributed by atoms with Crippen molar-refractivity contribution in [2.24, 2.45) is 5.92 Å². The van der Waals surface area contributed by atoms with Gasteiger partial charge in [0.15, 0.2) is 12.6 Å². The van der Waals surface area contributed by atoms with Crippen molar-refractivity contribution in [3.8, 4) is 0 Å². The fourth-order valence-electron chi connectivity index (χ4n) is 4.36. The zero-order valence-electron chi connectivity index (χ0n) is 19.0. The highest BCUT2D eigenvalue weighted by atomic mass is 16.8. The van der Waals surface area contributed by atoms with Crippen molar-refractivity contribution in [2.45, 2.75) is 67.7 Å². The number of esters is 1. The van der Waals surface area contributed by atoms with Crippen LogP contribution in [0.15, 0.2) is 36.1 Å². The van der Waals surface area contributed by atoms with E-state index in [1.54, 1.807) is 6.08 Å². The molecule has 0 aromatic heterocycles. The lowest BCUT2D eigenvalue weighted by Crippen LogP contribution is -2.62. The van der Waals surface area contributed by atoms with Gasteiger partial charge in [0, 0.05) is 0 Å². The van der Waals surface area contributed by atoms with Gasteiger partial charge in [-0.15, -0.1) is 6.58 Å². The van der Waals surface area contributed by atoms with E-state index in [0.717, 1.165) is 6.26 Å². The fourth-order valence-corrected chi connectivity index (χ4v) is 4.36. The van der Waals surface area contributed by atoms with Crippen LogP contribution in [0.25, 0.3) is 0 Å². The number of aliphatic hydroxyl groups excluding tert-OH is 7. The van der Waals surface area contributed by atoms with E-state index in [-0.39, 0.29) is 12.2 Å². The molecule has 14 heteroatoms. The smallest absolute Gasteiger partial charge is 0.341 e. The van der Waals surface area contributed by atoms with Crippen LogP contribution < -0.4 is 0 Å². The van der Waals surface area contributed by atoms with E-state index in [2.05, 4.69) is 6.58 Å². The number of ether oxygens (including phenoxy) is 6. The van der Waals surface area contributed by atoms with E-state index in [1.807, 2.05) is 0 Å². The molecule has 4 aliphatic heterocycles. The Morgan fingerprint density at radius 2 is 1.56 bits per heavy atom. The molecule has 2 fully saturated rings. The number of fused-ring (bicyclic) bond motifs is 1. The third-order valence-corrected chi connectivity index (χ3v) is 6.48. The minimum atomic E-state index is -1.73. The first-order valence-electron chi connectivity index (χ1n) is 11.3. The highest BCUT2D eigenvalue weighted by Gasteiger charge is 2.49. The van der Waals surface area contributed by atoms with Gasteiger partial charge in [-0.25, -0.2) is 4.79 Å². The van der Waals surface area contributed by atoms with E-state index < -0.39 is 92.8 Å². The average molecular weight is 518 g/mol. The first-order valence-corrected chi connectivity index (χ1v) is 11.3. The van der Waals surface area contributed by atoms with Gasteiger partial charge in [-0.05, 0) is 11.6 Å². The predicted molar refractivity (Wildman–Crippen MR) is 113 cm³/mol.